The molecule has 0 bridgehead atoms. The van der Waals surface area contributed by atoms with Crippen molar-refractivity contribution in [3.05, 3.63) is 40.6 Å². The molecular formula is C16H18N4S. The maximum Gasteiger partial charge on any atom is 0.139 e. The normalized spacial score (nSPS) is 17.9. The summed E-state index contributed by atoms with van der Waals surface area (Å²) in [6.45, 7) is 4.08. The summed E-state index contributed by atoms with van der Waals surface area (Å²) >= 11 is 1.75. The fourth-order valence-electron chi connectivity index (χ4n) is 2.98. The van der Waals surface area contributed by atoms with Crippen LogP contribution in [0.5, 0.6) is 0 Å². The van der Waals surface area contributed by atoms with E-state index >= 15 is 0 Å². The highest BCUT2D eigenvalue weighted by Crippen LogP contribution is 2.40. The molecular weight excluding hydrogens is 280 g/mol. The molecule has 0 saturated carbocycles. The average molecular weight is 298 g/mol. The number of anilines is 2. The van der Waals surface area contributed by atoms with E-state index in [1.54, 1.807) is 11.3 Å². The smallest absolute Gasteiger partial charge is 0.139 e. The average Bonchev–Trinajstić information content (AvgIpc) is 2.98. The van der Waals surface area contributed by atoms with Gasteiger partial charge in [0.1, 0.15) is 5.84 Å². The highest BCUT2D eigenvalue weighted by molar-refractivity contribution is 7.08. The van der Waals surface area contributed by atoms with Gasteiger partial charge in [0.2, 0.25) is 0 Å². The Balaban J connectivity index is 1.88. The number of nitrogens with zero attached hydrogens (tertiary/aromatic N) is 3. The van der Waals surface area contributed by atoms with Crippen LogP contribution in [0.1, 0.15) is 5.56 Å². The van der Waals surface area contributed by atoms with Crippen molar-refractivity contribution < 1.29 is 0 Å². The Hall–Kier alpha value is -1.85. The SMILES string of the molecule is CN1c2ccccc2N=C(N2CCNCC2)c2cscc21. The Bertz CT molecular complexity index is 685. The van der Waals surface area contributed by atoms with Gasteiger partial charge in [0.05, 0.1) is 22.6 Å². The summed E-state index contributed by atoms with van der Waals surface area (Å²) in [6, 6.07) is 8.38. The van der Waals surface area contributed by atoms with Crippen LogP contribution in [0.15, 0.2) is 40.0 Å². The Morgan fingerprint density at radius 1 is 1.10 bits per heavy atom. The molecule has 0 radical (unpaired) electrons. The molecule has 1 N–H and O–H groups in total. The third-order valence-electron chi connectivity index (χ3n) is 4.13. The fraction of sp³-hybridized carbons (Fsp3) is 0.312. The van der Waals surface area contributed by atoms with Crippen molar-refractivity contribution in [2.45, 2.75) is 0 Å². The van der Waals surface area contributed by atoms with Crippen molar-refractivity contribution in [1.82, 2.24) is 10.2 Å². The molecule has 1 fully saturated rings. The standard InChI is InChI=1S/C16H18N4S/c1-19-14-5-3-2-4-13(14)18-16(12-10-21-11-15(12)19)20-8-6-17-7-9-20/h2-5,10-11,17H,6-9H2,1H3. The van der Waals surface area contributed by atoms with Gasteiger partial charge in [-0.3, -0.25) is 0 Å². The van der Waals surface area contributed by atoms with Gasteiger partial charge < -0.3 is 15.1 Å². The van der Waals surface area contributed by atoms with E-state index in [2.05, 4.69) is 57.2 Å². The summed E-state index contributed by atoms with van der Waals surface area (Å²) in [6.07, 6.45) is 0. The Labute approximate surface area is 128 Å². The van der Waals surface area contributed by atoms with Gasteiger partial charge in [0.15, 0.2) is 0 Å². The van der Waals surface area contributed by atoms with E-state index < -0.39 is 0 Å². The lowest BCUT2D eigenvalue weighted by atomic mass is 10.2. The second-order valence-electron chi connectivity index (χ2n) is 5.39. The second kappa shape index (κ2) is 5.16. The molecule has 0 spiro atoms. The lowest BCUT2D eigenvalue weighted by molar-refractivity contribution is 0.358. The molecule has 1 saturated heterocycles. The largest absolute Gasteiger partial charge is 0.353 e. The first-order valence-electron chi connectivity index (χ1n) is 7.28. The van der Waals surface area contributed by atoms with Gasteiger partial charge in [-0.15, -0.1) is 11.3 Å². The van der Waals surface area contributed by atoms with Crippen LogP contribution in [-0.4, -0.2) is 44.0 Å². The number of thiophene rings is 1. The molecule has 5 heteroatoms. The summed E-state index contributed by atoms with van der Waals surface area (Å²) in [5.74, 6) is 1.12. The number of nitrogens with one attached hydrogen (secondary N) is 1. The minimum atomic E-state index is 1.01. The lowest BCUT2D eigenvalue weighted by Gasteiger charge is -2.30. The second-order valence-corrected chi connectivity index (χ2v) is 6.13. The van der Waals surface area contributed by atoms with Gasteiger partial charge in [-0.1, -0.05) is 12.1 Å². The number of hydrogen-bond donors (Lipinski definition) is 1. The minimum absolute atomic E-state index is 1.01. The first kappa shape index (κ1) is 12.9. The Morgan fingerprint density at radius 2 is 1.90 bits per heavy atom. The minimum Gasteiger partial charge on any atom is -0.353 e. The molecule has 0 amide bonds. The number of aliphatic imine (C=N–C) groups is 1. The molecule has 4 rings (SSSR count). The van der Waals surface area contributed by atoms with Crippen LogP contribution < -0.4 is 10.2 Å². The van der Waals surface area contributed by atoms with E-state index in [4.69, 9.17) is 4.99 Å². The summed E-state index contributed by atoms with van der Waals surface area (Å²) in [5, 5.41) is 7.85. The number of benzene rings is 1. The van der Waals surface area contributed by atoms with Gasteiger partial charge in [-0.25, -0.2) is 4.99 Å². The van der Waals surface area contributed by atoms with Gasteiger partial charge >= 0.3 is 0 Å². The van der Waals surface area contributed by atoms with Crippen LogP contribution in [-0.2, 0) is 0 Å². The molecule has 21 heavy (non-hydrogen) atoms. The third-order valence-corrected chi connectivity index (χ3v) is 4.86. The zero-order valence-electron chi connectivity index (χ0n) is 12.0. The van der Waals surface area contributed by atoms with Crippen LogP contribution >= 0.6 is 11.3 Å². The quantitative estimate of drug-likeness (QED) is 0.811. The van der Waals surface area contributed by atoms with Crippen molar-refractivity contribution in [3.8, 4) is 0 Å². The van der Waals surface area contributed by atoms with Crippen LogP contribution in [0.2, 0.25) is 0 Å². The van der Waals surface area contributed by atoms with Gasteiger partial charge in [0.25, 0.3) is 0 Å². The fourth-order valence-corrected chi connectivity index (χ4v) is 3.83. The molecule has 1 aromatic heterocycles. The van der Waals surface area contributed by atoms with E-state index in [-0.39, 0.29) is 0 Å². The molecule has 2 aliphatic rings. The molecule has 108 valence electrons. The number of hydrogen-bond acceptors (Lipinski definition) is 5. The number of piperazine rings is 1. The van der Waals surface area contributed by atoms with E-state index in [1.807, 2.05) is 0 Å². The highest BCUT2D eigenvalue weighted by Gasteiger charge is 2.25. The Kier molecular flexibility index (Phi) is 3.16. The molecule has 0 atom stereocenters. The first-order valence-corrected chi connectivity index (χ1v) is 8.22. The summed E-state index contributed by atoms with van der Waals surface area (Å²) in [7, 11) is 2.13. The third kappa shape index (κ3) is 2.13. The zero-order valence-corrected chi connectivity index (χ0v) is 12.9. The van der Waals surface area contributed by atoms with Crippen molar-refractivity contribution in [2.75, 3.05) is 38.1 Å². The van der Waals surface area contributed by atoms with Crippen molar-refractivity contribution in [2.24, 2.45) is 4.99 Å². The van der Waals surface area contributed by atoms with Crippen molar-refractivity contribution in [1.29, 1.82) is 0 Å². The molecule has 0 unspecified atom stereocenters. The monoisotopic (exact) mass is 298 g/mol. The molecule has 2 aliphatic heterocycles. The van der Waals surface area contributed by atoms with Gasteiger partial charge in [-0.2, -0.15) is 0 Å². The predicted octanol–water partition coefficient (Wildman–Crippen LogP) is 2.81. The number of para-hydroxylation sites is 2. The maximum absolute atomic E-state index is 5.01. The van der Waals surface area contributed by atoms with E-state index in [9.17, 15) is 0 Å². The van der Waals surface area contributed by atoms with Gasteiger partial charge in [0, 0.05) is 44.0 Å². The molecule has 4 nitrogen and oxygen atoms in total. The van der Waals surface area contributed by atoms with E-state index in [0.29, 0.717) is 0 Å². The summed E-state index contributed by atoms with van der Waals surface area (Å²) in [4.78, 5) is 9.66. The maximum atomic E-state index is 5.01. The molecule has 3 heterocycles. The van der Waals surface area contributed by atoms with Crippen molar-refractivity contribution in [3.63, 3.8) is 0 Å². The number of fused-ring (bicyclic) bond motifs is 2. The van der Waals surface area contributed by atoms with Gasteiger partial charge in [-0.05, 0) is 12.1 Å². The first-order chi connectivity index (χ1) is 10.3. The molecule has 0 aliphatic carbocycles. The summed E-state index contributed by atoms with van der Waals surface area (Å²) < 4.78 is 0. The Morgan fingerprint density at radius 3 is 2.76 bits per heavy atom. The van der Waals surface area contributed by atoms with E-state index in [0.717, 1.165) is 37.7 Å². The zero-order chi connectivity index (χ0) is 14.2. The predicted molar refractivity (Wildman–Crippen MR) is 89.5 cm³/mol. The topological polar surface area (TPSA) is 30.9 Å². The summed E-state index contributed by atoms with van der Waals surface area (Å²) in [5.41, 5.74) is 4.72. The van der Waals surface area contributed by atoms with E-state index in [1.165, 1.54) is 16.9 Å². The molecule has 1 aromatic carbocycles. The van der Waals surface area contributed by atoms with Crippen molar-refractivity contribution >= 4 is 34.2 Å². The van der Waals surface area contributed by atoms with Crippen LogP contribution in [0.3, 0.4) is 0 Å². The van der Waals surface area contributed by atoms with Crippen LogP contribution in [0.4, 0.5) is 17.1 Å². The number of amidine groups is 1. The van der Waals surface area contributed by atoms with Crippen LogP contribution in [0, 0.1) is 0 Å². The number of rotatable bonds is 0. The van der Waals surface area contributed by atoms with Crippen LogP contribution in [0.25, 0.3) is 0 Å². The highest BCUT2D eigenvalue weighted by atomic mass is 32.1. The molecule has 2 aromatic rings. The lowest BCUT2D eigenvalue weighted by Crippen LogP contribution is -2.46.